The van der Waals surface area contributed by atoms with E-state index in [0.29, 0.717) is 0 Å². The molecule has 0 unspecified atom stereocenters. The SMILES string of the molecule is CC[CH]CCc1cc(F)ccc1C. The summed E-state index contributed by atoms with van der Waals surface area (Å²) in [6, 6.07) is 5.00. The molecule has 0 saturated carbocycles. The van der Waals surface area contributed by atoms with Crippen molar-refractivity contribution >= 4 is 0 Å². The minimum Gasteiger partial charge on any atom is -0.207 e. The molecule has 0 aliphatic heterocycles. The van der Waals surface area contributed by atoms with Gasteiger partial charge in [-0.25, -0.2) is 4.39 Å². The average Bonchev–Trinajstić information content (AvgIpc) is 2.11. The van der Waals surface area contributed by atoms with E-state index < -0.39 is 0 Å². The zero-order chi connectivity index (χ0) is 9.68. The lowest BCUT2D eigenvalue weighted by Gasteiger charge is -2.04. The van der Waals surface area contributed by atoms with Gasteiger partial charge in [-0.05, 0) is 49.4 Å². The maximum Gasteiger partial charge on any atom is 0.123 e. The molecule has 0 amide bonds. The van der Waals surface area contributed by atoms with Crippen molar-refractivity contribution in [2.24, 2.45) is 0 Å². The summed E-state index contributed by atoms with van der Waals surface area (Å²) in [4.78, 5) is 0. The first-order valence-corrected chi connectivity index (χ1v) is 4.80. The Balaban J connectivity index is 2.59. The lowest BCUT2D eigenvalue weighted by Crippen LogP contribution is -1.91. The highest BCUT2D eigenvalue weighted by atomic mass is 19.1. The molecule has 0 heterocycles. The molecule has 1 heteroatoms. The summed E-state index contributed by atoms with van der Waals surface area (Å²) in [5, 5.41) is 0. The quantitative estimate of drug-likeness (QED) is 0.618. The fourth-order valence-corrected chi connectivity index (χ4v) is 1.37. The van der Waals surface area contributed by atoms with E-state index in [1.165, 1.54) is 11.6 Å². The van der Waals surface area contributed by atoms with Gasteiger partial charge in [0.1, 0.15) is 5.82 Å². The van der Waals surface area contributed by atoms with Crippen LogP contribution in [0.25, 0.3) is 0 Å². The fraction of sp³-hybridized carbons (Fsp3) is 0.417. The second-order valence-electron chi connectivity index (χ2n) is 3.31. The Labute approximate surface area is 79.8 Å². The number of unbranched alkanes of at least 4 members (excludes halogenated alkanes) is 2. The molecule has 0 fully saturated rings. The third-order valence-electron chi connectivity index (χ3n) is 2.22. The molecular formula is C12H16F. The number of hydrogen-bond acceptors (Lipinski definition) is 0. The molecule has 0 N–H and O–H groups in total. The van der Waals surface area contributed by atoms with Gasteiger partial charge in [-0.1, -0.05) is 19.4 Å². The van der Waals surface area contributed by atoms with Gasteiger partial charge in [-0.2, -0.15) is 0 Å². The molecule has 0 atom stereocenters. The van der Waals surface area contributed by atoms with Crippen LogP contribution in [0.3, 0.4) is 0 Å². The Kier molecular flexibility index (Phi) is 3.94. The maximum atomic E-state index is 12.8. The van der Waals surface area contributed by atoms with E-state index in [-0.39, 0.29) is 5.82 Å². The summed E-state index contributed by atoms with van der Waals surface area (Å²) in [6.45, 7) is 4.15. The van der Waals surface area contributed by atoms with Crippen molar-refractivity contribution in [3.8, 4) is 0 Å². The molecule has 1 aromatic rings. The molecule has 0 spiro atoms. The van der Waals surface area contributed by atoms with Crippen LogP contribution in [0.4, 0.5) is 4.39 Å². The largest absolute Gasteiger partial charge is 0.207 e. The first-order valence-electron chi connectivity index (χ1n) is 4.80. The lowest BCUT2D eigenvalue weighted by molar-refractivity contribution is 0.624. The van der Waals surface area contributed by atoms with E-state index in [9.17, 15) is 4.39 Å². The number of hydrogen-bond donors (Lipinski definition) is 0. The van der Waals surface area contributed by atoms with Crippen LogP contribution in [-0.2, 0) is 6.42 Å². The van der Waals surface area contributed by atoms with Crippen LogP contribution in [0.15, 0.2) is 18.2 Å². The molecular weight excluding hydrogens is 163 g/mol. The zero-order valence-electron chi connectivity index (χ0n) is 8.31. The van der Waals surface area contributed by atoms with Crippen LogP contribution >= 0.6 is 0 Å². The van der Waals surface area contributed by atoms with E-state index in [1.54, 1.807) is 6.07 Å². The van der Waals surface area contributed by atoms with Crippen molar-refractivity contribution in [1.29, 1.82) is 0 Å². The molecule has 0 aliphatic rings. The van der Waals surface area contributed by atoms with Crippen LogP contribution < -0.4 is 0 Å². The van der Waals surface area contributed by atoms with E-state index in [4.69, 9.17) is 0 Å². The monoisotopic (exact) mass is 179 g/mol. The Bertz CT molecular complexity index is 266. The highest BCUT2D eigenvalue weighted by Crippen LogP contribution is 2.13. The number of halogens is 1. The minimum atomic E-state index is -0.128. The normalized spacial score (nSPS) is 10.4. The van der Waals surface area contributed by atoms with Crippen molar-refractivity contribution < 1.29 is 4.39 Å². The van der Waals surface area contributed by atoms with Crippen LogP contribution in [-0.4, -0.2) is 0 Å². The standard InChI is InChI=1S/C12H16F/c1-3-4-5-6-11-9-12(13)8-7-10(11)2/h4,7-9H,3,5-6H2,1-2H3. The van der Waals surface area contributed by atoms with Crippen molar-refractivity contribution in [3.63, 3.8) is 0 Å². The van der Waals surface area contributed by atoms with Gasteiger partial charge in [0, 0.05) is 0 Å². The van der Waals surface area contributed by atoms with E-state index in [0.717, 1.165) is 24.8 Å². The van der Waals surface area contributed by atoms with Gasteiger partial charge in [0.2, 0.25) is 0 Å². The summed E-state index contributed by atoms with van der Waals surface area (Å²) < 4.78 is 12.8. The van der Waals surface area contributed by atoms with Crippen LogP contribution in [0.2, 0.25) is 0 Å². The second kappa shape index (κ2) is 5.00. The Hall–Kier alpha value is -0.850. The molecule has 1 aromatic carbocycles. The topological polar surface area (TPSA) is 0 Å². The number of benzene rings is 1. The summed E-state index contributed by atoms with van der Waals surface area (Å²) >= 11 is 0. The van der Waals surface area contributed by atoms with Gasteiger partial charge in [-0.15, -0.1) is 0 Å². The van der Waals surface area contributed by atoms with Crippen molar-refractivity contribution in [3.05, 3.63) is 41.6 Å². The molecule has 13 heavy (non-hydrogen) atoms. The highest BCUT2D eigenvalue weighted by molar-refractivity contribution is 5.26. The smallest absolute Gasteiger partial charge is 0.123 e. The van der Waals surface area contributed by atoms with E-state index in [1.807, 2.05) is 13.0 Å². The summed E-state index contributed by atoms with van der Waals surface area (Å²) in [7, 11) is 0. The molecule has 0 saturated heterocycles. The molecule has 71 valence electrons. The van der Waals surface area contributed by atoms with Crippen molar-refractivity contribution in [2.75, 3.05) is 0 Å². The van der Waals surface area contributed by atoms with Gasteiger partial charge in [0.25, 0.3) is 0 Å². The molecule has 0 aromatic heterocycles. The number of rotatable bonds is 4. The van der Waals surface area contributed by atoms with Gasteiger partial charge in [0.05, 0.1) is 0 Å². The molecule has 0 nitrogen and oxygen atoms in total. The predicted octanol–water partition coefficient (Wildman–Crippen LogP) is 3.68. The molecule has 1 rings (SSSR count). The van der Waals surface area contributed by atoms with Crippen LogP contribution in [0.1, 0.15) is 30.9 Å². The zero-order valence-corrected chi connectivity index (χ0v) is 8.31. The second-order valence-corrected chi connectivity index (χ2v) is 3.31. The van der Waals surface area contributed by atoms with Gasteiger partial charge < -0.3 is 0 Å². The van der Waals surface area contributed by atoms with Crippen molar-refractivity contribution in [2.45, 2.75) is 33.1 Å². The Morgan fingerprint density at radius 3 is 2.85 bits per heavy atom. The summed E-state index contributed by atoms with van der Waals surface area (Å²) in [5.74, 6) is -0.128. The Morgan fingerprint density at radius 2 is 2.15 bits per heavy atom. The minimum absolute atomic E-state index is 0.128. The van der Waals surface area contributed by atoms with E-state index >= 15 is 0 Å². The van der Waals surface area contributed by atoms with Crippen LogP contribution in [0, 0.1) is 19.2 Å². The first-order chi connectivity index (χ1) is 6.24. The fourth-order valence-electron chi connectivity index (χ4n) is 1.37. The van der Waals surface area contributed by atoms with E-state index in [2.05, 4.69) is 13.3 Å². The third-order valence-corrected chi connectivity index (χ3v) is 2.22. The average molecular weight is 179 g/mol. The number of aryl methyl sites for hydroxylation is 2. The molecule has 1 radical (unpaired) electrons. The Morgan fingerprint density at radius 1 is 1.38 bits per heavy atom. The predicted molar refractivity (Wildman–Crippen MR) is 54.0 cm³/mol. The maximum absolute atomic E-state index is 12.8. The summed E-state index contributed by atoms with van der Waals surface area (Å²) in [5.41, 5.74) is 2.32. The van der Waals surface area contributed by atoms with Crippen LogP contribution in [0.5, 0.6) is 0 Å². The highest BCUT2D eigenvalue weighted by Gasteiger charge is 1.99. The van der Waals surface area contributed by atoms with Gasteiger partial charge in [-0.3, -0.25) is 0 Å². The molecule has 0 bridgehead atoms. The van der Waals surface area contributed by atoms with Gasteiger partial charge in [0.15, 0.2) is 0 Å². The first kappa shape index (κ1) is 10.2. The summed E-state index contributed by atoms with van der Waals surface area (Å²) in [6.07, 6.45) is 5.32. The van der Waals surface area contributed by atoms with Crippen molar-refractivity contribution in [1.82, 2.24) is 0 Å². The third kappa shape index (κ3) is 3.17. The van der Waals surface area contributed by atoms with Gasteiger partial charge >= 0.3 is 0 Å². The molecule has 0 aliphatic carbocycles. The lowest BCUT2D eigenvalue weighted by atomic mass is 10.0.